The van der Waals surface area contributed by atoms with Gasteiger partial charge in [0.1, 0.15) is 0 Å². The average Bonchev–Trinajstić information content (AvgIpc) is 3.16. The number of aryl methyl sites for hydroxylation is 1. The number of anilines is 1. The largest absolute Gasteiger partial charge is 0.370 e. The second kappa shape index (κ2) is 9.84. The van der Waals surface area contributed by atoms with E-state index in [0.29, 0.717) is 17.7 Å². The standard InChI is InChI=1S/C27H35N5O3/c1-18-20(15-28-30(18)2)17-32-26(34)22-12-7-13-23(24(22)27(32)35)31-14-8-9-19(16-31)25(33)29-21-10-5-3-4-6-11-21/h7,12-13,15,19,21H,3-6,8-11,14,16-17H2,1-2H3,(H,29,33)/t19-/m1/s1. The zero-order valence-corrected chi connectivity index (χ0v) is 20.8. The first-order valence-corrected chi connectivity index (χ1v) is 13.0. The molecule has 0 bridgehead atoms. The van der Waals surface area contributed by atoms with Crippen LogP contribution in [0.5, 0.6) is 0 Å². The van der Waals surface area contributed by atoms with Crippen molar-refractivity contribution in [1.29, 1.82) is 0 Å². The second-order valence-electron chi connectivity index (χ2n) is 10.3. The first kappa shape index (κ1) is 23.6. The Hall–Kier alpha value is -3.16. The first-order valence-electron chi connectivity index (χ1n) is 13.0. The van der Waals surface area contributed by atoms with Gasteiger partial charge < -0.3 is 10.2 Å². The molecule has 8 heteroatoms. The molecule has 1 aromatic heterocycles. The third-order valence-electron chi connectivity index (χ3n) is 7.98. The van der Waals surface area contributed by atoms with Gasteiger partial charge in [-0.1, -0.05) is 31.7 Å². The van der Waals surface area contributed by atoms with Crippen molar-refractivity contribution in [1.82, 2.24) is 20.0 Å². The molecule has 1 saturated heterocycles. The van der Waals surface area contributed by atoms with Crippen molar-refractivity contribution in [3.63, 3.8) is 0 Å². The molecule has 35 heavy (non-hydrogen) atoms. The molecule has 8 nitrogen and oxygen atoms in total. The quantitative estimate of drug-likeness (QED) is 0.525. The highest BCUT2D eigenvalue weighted by Crippen LogP contribution is 2.35. The fourth-order valence-electron chi connectivity index (χ4n) is 5.75. The number of nitrogens with one attached hydrogen (secondary N) is 1. The number of carbonyl (C=O) groups is 3. The SMILES string of the molecule is Cc1c(CN2C(=O)c3cccc(N4CCC[C@@H](C(=O)NC5CCCCCC5)C4)c3C2=O)cnn1C. The van der Waals surface area contributed by atoms with E-state index in [-0.39, 0.29) is 36.2 Å². The molecule has 3 heterocycles. The molecular formula is C27H35N5O3. The number of carbonyl (C=O) groups excluding carboxylic acids is 3. The minimum Gasteiger partial charge on any atom is -0.370 e. The summed E-state index contributed by atoms with van der Waals surface area (Å²) < 4.78 is 1.74. The van der Waals surface area contributed by atoms with Crippen molar-refractivity contribution in [2.75, 3.05) is 18.0 Å². The van der Waals surface area contributed by atoms with Gasteiger partial charge in [0.25, 0.3) is 11.8 Å². The lowest BCUT2D eigenvalue weighted by Gasteiger charge is -2.35. The van der Waals surface area contributed by atoms with Crippen LogP contribution in [0.25, 0.3) is 0 Å². The number of fused-ring (bicyclic) bond motifs is 1. The predicted octanol–water partition coefficient (Wildman–Crippen LogP) is 3.58. The van der Waals surface area contributed by atoms with Gasteiger partial charge in [-0.3, -0.25) is 24.0 Å². The molecule has 1 aromatic carbocycles. The Balaban J connectivity index is 1.33. The topological polar surface area (TPSA) is 87.5 Å². The summed E-state index contributed by atoms with van der Waals surface area (Å²) in [6.07, 6.45) is 10.5. The molecule has 1 aliphatic carbocycles. The zero-order valence-electron chi connectivity index (χ0n) is 20.8. The number of piperidine rings is 1. The Morgan fingerprint density at radius 3 is 2.54 bits per heavy atom. The number of benzene rings is 1. The number of hydrogen-bond acceptors (Lipinski definition) is 5. The van der Waals surface area contributed by atoms with Crippen LogP contribution >= 0.6 is 0 Å². The van der Waals surface area contributed by atoms with E-state index in [1.807, 2.05) is 26.1 Å². The minimum atomic E-state index is -0.270. The molecular weight excluding hydrogens is 442 g/mol. The summed E-state index contributed by atoms with van der Waals surface area (Å²) >= 11 is 0. The summed E-state index contributed by atoms with van der Waals surface area (Å²) in [5.74, 6) is -0.516. The van der Waals surface area contributed by atoms with E-state index in [4.69, 9.17) is 0 Å². The van der Waals surface area contributed by atoms with Crippen molar-refractivity contribution in [3.8, 4) is 0 Å². The van der Waals surface area contributed by atoms with Crippen molar-refractivity contribution >= 4 is 23.4 Å². The highest BCUT2D eigenvalue weighted by molar-refractivity contribution is 6.23. The Morgan fingerprint density at radius 2 is 1.83 bits per heavy atom. The third-order valence-corrected chi connectivity index (χ3v) is 7.98. The van der Waals surface area contributed by atoms with Crippen LogP contribution < -0.4 is 10.2 Å². The number of hydrogen-bond donors (Lipinski definition) is 1. The van der Waals surface area contributed by atoms with E-state index < -0.39 is 0 Å². The van der Waals surface area contributed by atoms with Gasteiger partial charge in [-0.2, -0.15) is 5.10 Å². The van der Waals surface area contributed by atoms with Crippen LogP contribution in [0.15, 0.2) is 24.4 Å². The maximum absolute atomic E-state index is 13.5. The monoisotopic (exact) mass is 477 g/mol. The Morgan fingerprint density at radius 1 is 1.06 bits per heavy atom. The van der Waals surface area contributed by atoms with E-state index in [0.717, 1.165) is 49.2 Å². The second-order valence-corrected chi connectivity index (χ2v) is 10.3. The Bertz CT molecular complexity index is 1130. The van der Waals surface area contributed by atoms with Crippen molar-refractivity contribution in [2.24, 2.45) is 13.0 Å². The molecule has 0 spiro atoms. The van der Waals surface area contributed by atoms with Crippen LogP contribution in [-0.4, -0.2) is 51.5 Å². The van der Waals surface area contributed by atoms with Crippen LogP contribution in [0.2, 0.25) is 0 Å². The number of imide groups is 1. The van der Waals surface area contributed by atoms with Gasteiger partial charge in [0.15, 0.2) is 0 Å². The molecule has 186 valence electrons. The van der Waals surface area contributed by atoms with Gasteiger partial charge in [0.05, 0.1) is 35.5 Å². The van der Waals surface area contributed by atoms with E-state index >= 15 is 0 Å². The lowest BCUT2D eigenvalue weighted by atomic mass is 9.94. The molecule has 0 radical (unpaired) electrons. The molecule has 1 atom stereocenters. The molecule has 2 aliphatic heterocycles. The summed E-state index contributed by atoms with van der Waals surface area (Å²) in [6, 6.07) is 5.77. The number of amides is 3. The molecule has 3 amide bonds. The maximum Gasteiger partial charge on any atom is 0.263 e. The van der Waals surface area contributed by atoms with E-state index in [9.17, 15) is 14.4 Å². The lowest BCUT2D eigenvalue weighted by molar-refractivity contribution is -0.126. The molecule has 1 N–H and O–H groups in total. The van der Waals surface area contributed by atoms with Crippen LogP contribution in [0, 0.1) is 12.8 Å². The molecule has 2 aromatic rings. The van der Waals surface area contributed by atoms with Crippen LogP contribution in [0.3, 0.4) is 0 Å². The van der Waals surface area contributed by atoms with Crippen molar-refractivity contribution in [2.45, 2.75) is 70.9 Å². The van der Waals surface area contributed by atoms with Gasteiger partial charge in [-0.25, -0.2) is 0 Å². The third kappa shape index (κ3) is 4.58. The summed E-state index contributed by atoms with van der Waals surface area (Å²) in [4.78, 5) is 43.2. The Kier molecular flexibility index (Phi) is 6.62. The molecule has 5 rings (SSSR count). The fraction of sp³-hybridized carbons (Fsp3) is 0.556. The molecule has 0 unspecified atom stereocenters. The number of aromatic nitrogens is 2. The van der Waals surface area contributed by atoms with E-state index in [1.165, 1.54) is 30.6 Å². The van der Waals surface area contributed by atoms with Crippen molar-refractivity contribution < 1.29 is 14.4 Å². The van der Waals surface area contributed by atoms with Gasteiger partial charge in [-0.05, 0) is 44.7 Å². The smallest absolute Gasteiger partial charge is 0.263 e. The highest BCUT2D eigenvalue weighted by atomic mass is 16.2. The van der Waals surface area contributed by atoms with Crippen LogP contribution in [-0.2, 0) is 18.4 Å². The summed E-state index contributed by atoms with van der Waals surface area (Å²) in [7, 11) is 1.85. The van der Waals surface area contributed by atoms with Gasteiger partial charge in [0.2, 0.25) is 5.91 Å². The minimum absolute atomic E-state index is 0.107. The normalized spacial score (nSPS) is 21.3. The predicted molar refractivity (Wildman–Crippen MR) is 133 cm³/mol. The number of rotatable bonds is 5. The first-order chi connectivity index (χ1) is 16.9. The molecule has 2 fully saturated rings. The fourth-order valence-corrected chi connectivity index (χ4v) is 5.75. The van der Waals surface area contributed by atoms with E-state index in [2.05, 4.69) is 15.3 Å². The highest BCUT2D eigenvalue weighted by Gasteiger charge is 2.40. The maximum atomic E-state index is 13.5. The summed E-state index contributed by atoms with van der Waals surface area (Å²) in [5, 5.41) is 7.55. The molecule has 1 saturated carbocycles. The lowest BCUT2D eigenvalue weighted by Crippen LogP contribution is -2.46. The summed E-state index contributed by atoms with van der Waals surface area (Å²) in [6.45, 7) is 3.48. The number of nitrogens with zero attached hydrogens (tertiary/aromatic N) is 4. The van der Waals surface area contributed by atoms with E-state index in [1.54, 1.807) is 16.9 Å². The van der Waals surface area contributed by atoms with Crippen LogP contribution in [0.4, 0.5) is 5.69 Å². The van der Waals surface area contributed by atoms with Crippen molar-refractivity contribution in [3.05, 3.63) is 46.8 Å². The zero-order chi connectivity index (χ0) is 24.5. The van der Waals surface area contributed by atoms with Gasteiger partial charge in [-0.15, -0.1) is 0 Å². The van der Waals surface area contributed by atoms with Crippen LogP contribution in [0.1, 0.15) is 83.3 Å². The molecule has 3 aliphatic rings. The van der Waals surface area contributed by atoms with Gasteiger partial charge in [0, 0.05) is 37.4 Å². The Labute approximate surface area is 206 Å². The summed E-state index contributed by atoms with van der Waals surface area (Å²) in [5.41, 5.74) is 3.46. The average molecular weight is 478 g/mol. The van der Waals surface area contributed by atoms with Gasteiger partial charge >= 0.3 is 0 Å².